The van der Waals surface area contributed by atoms with E-state index in [-0.39, 0.29) is 36.0 Å². The van der Waals surface area contributed by atoms with Crippen LogP contribution in [0.3, 0.4) is 0 Å². The van der Waals surface area contributed by atoms with Gasteiger partial charge in [-0.05, 0) is 38.3 Å². The molecule has 0 spiro atoms. The number of rotatable bonds is 6. The highest BCUT2D eigenvalue weighted by molar-refractivity contribution is 14.0. The smallest absolute Gasteiger partial charge is 0.350 e. The van der Waals surface area contributed by atoms with Crippen molar-refractivity contribution >= 4 is 58.1 Å². The van der Waals surface area contributed by atoms with E-state index in [1.54, 1.807) is 14.0 Å². The number of aliphatic imine (C=N–C) groups is 1. The number of hydrogen-bond donors (Lipinski definition) is 3. The second-order valence-corrected chi connectivity index (χ2v) is 7.39. The minimum absolute atomic E-state index is 0. The van der Waals surface area contributed by atoms with Crippen LogP contribution in [0, 0.1) is 6.92 Å². The number of aromatic nitrogens is 2. The lowest BCUT2D eigenvalue weighted by molar-refractivity contribution is 0.0531. The Balaban J connectivity index is 0.00000300. The molecule has 1 atom stereocenters. The molecule has 0 aliphatic rings. The molecule has 2 heterocycles. The number of fused-ring (bicyclic) bond motifs is 1. The monoisotopic (exact) mass is 527 g/mol. The van der Waals surface area contributed by atoms with Gasteiger partial charge in [0.2, 0.25) is 0 Å². The number of nitrogens with zero attached hydrogens (tertiary/aromatic N) is 2. The molecule has 2 aromatic heterocycles. The van der Waals surface area contributed by atoms with Crippen LogP contribution in [0.5, 0.6) is 0 Å². The molecule has 0 aliphatic heterocycles. The topological polar surface area (TPSA) is 91.4 Å². The molecule has 3 aromatic rings. The highest BCUT2D eigenvalue weighted by Gasteiger charge is 2.20. The largest absolute Gasteiger partial charge is 0.462 e. The Morgan fingerprint density at radius 1 is 1.38 bits per heavy atom. The van der Waals surface area contributed by atoms with Crippen LogP contribution in [-0.2, 0) is 11.3 Å². The summed E-state index contributed by atoms with van der Waals surface area (Å²) in [5.74, 6) is 0.342. The predicted octanol–water partition coefficient (Wildman–Crippen LogP) is 4.15. The van der Waals surface area contributed by atoms with Crippen LogP contribution < -0.4 is 10.6 Å². The molecule has 156 valence electrons. The molecule has 0 fully saturated rings. The van der Waals surface area contributed by atoms with Gasteiger partial charge in [-0.25, -0.2) is 9.78 Å². The quantitative estimate of drug-likeness (QED) is 0.194. The summed E-state index contributed by atoms with van der Waals surface area (Å²) >= 11 is 1.35. The first-order valence-electron chi connectivity index (χ1n) is 9.20. The van der Waals surface area contributed by atoms with Crippen LogP contribution in [0.4, 0.5) is 0 Å². The first-order valence-corrected chi connectivity index (χ1v) is 10.0. The number of carbonyl (C=O) groups excluding carboxylic acids is 1. The molecule has 0 saturated heterocycles. The number of esters is 1. The Kier molecular flexibility index (Phi) is 8.45. The zero-order chi connectivity index (χ0) is 20.1. The van der Waals surface area contributed by atoms with Crippen molar-refractivity contribution in [2.45, 2.75) is 33.4 Å². The van der Waals surface area contributed by atoms with Crippen LogP contribution in [-0.4, -0.2) is 35.6 Å². The van der Waals surface area contributed by atoms with Gasteiger partial charge in [-0.3, -0.25) is 4.99 Å². The number of ether oxygens (including phenoxy) is 1. The maximum absolute atomic E-state index is 12.0. The summed E-state index contributed by atoms with van der Waals surface area (Å²) in [6.45, 7) is 6.57. The van der Waals surface area contributed by atoms with Gasteiger partial charge in [-0.2, -0.15) is 0 Å². The van der Waals surface area contributed by atoms with Crippen LogP contribution in [0.1, 0.15) is 46.0 Å². The van der Waals surface area contributed by atoms with Gasteiger partial charge in [0.1, 0.15) is 9.88 Å². The fraction of sp³-hybridized carbons (Fsp3) is 0.350. The fourth-order valence-corrected chi connectivity index (χ4v) is 3.82. The number of aromatic amines is 1. The molecular weight excluding hydrogens is 501 g/mol. The van der Waals surface area contributed by atoms with Crippen LogP contribution in [0.2, 0.25) is 0 Å². The van der Waals surface area contributed by atoms with Crippen molar-refractivity contribution in [3.05, 3.63) is 51.6 Å². The van der Waals surface area contributed by atoms with Gasteiger partial charge in [0.05, 0.1) is 24.9 Å². The summed E-state index contributed by atoms with van der Waals surface area (Å²) in [5, 5.41) is 8.62. The van der Waals surface area contributed by atoms with Gasteiger partial charge in [0.25, 0.3) is 0 Å². The second-order valence-electron chi connectivity index (χ2n) is 6.36. The van der Waals surface area contributed by atoms with E-state index in [0.717, 1.165) is 16.2 Å². The molecule has 1 unspecified atom stereocenters. The lowest BCUT2D eigenvalue weighted by atomic mass is 10.2. The van der Waals surface area contributed by atoms with E-state index in [9.17, 15) is 4.79 Å². The molecule has 3 N–H and O–H groups in total. The van der Waals surface area contributed by atoms with Gasteiger partial charge in [-0.1, -0.05) is 18.2 Å². The van der Waals surface area contributed by atoms with E-state index in [1.807, 2.05) is 26.0 Å². The summed E-state index contributed by atoms with van der Waals surface area (Å²) in [4.78, 5) is 24.7. The molecule has 0 radical (unpaired) electrons. The third kappa shape index (κ3) is 5.69. The number of H-pyrrole nitrogens is 1. The Bertz CT molecular complexity index is 965. The maximum Gasteiger partial charge on any atom is 0.350 e. The number of hydrogen-bond acceptors (Lipinski definition) is 5. The van der Waals surface area contributed by atoms with Gasteiger partial charge in [-0.15, -0.1) is 35.3 Å². The minimum atomic E-state index is -0.322. The average molecular weight is 527 g/mol. The third-order valence-electron chi connectivity index (χ3n) is 4.25. The number of halogens is 1. The molecule has 29 heavy (non-hydrogen) atoms. The van der Waals surface area contributed by atoms with Crippen molar-refractivity contribution < 1.29 is 9.53 Å². The van der Waals surface area contributed by atoms with E-state index in [0.29, 0.717) is 29.7 Å². The van der Waals surface area contributed by atoms with E-state index >= 15 is 0 Å². The number of nitrogens with one attached hydrogen (secondary N) is 3. The number of benzene rings is 1. The van der Waals surface area contributed by atoms with Crippen molar-refractivity contribution in [1.29, 1.82) is 0 Å². The van der Waals surface area contributed by atoms with Crippen LogP contribution in [0.15, 0.2) is 35.3 Å². The molecule has 1 aromatic carbocycles. The Hall–Kier alpha value is -2.14. The Morgan fingerprint density at radius 3 is 2.83 bits per heavy atom. The SMILES string of the molecule is CCOC(=O)c1sc(C(C)NC(=NC)NCc2cc3ccccc3[nH]2)nc1C.I. The normalized spacial score (nSPS) is 12.3. The first kappa shape index (κ1) is 23.1. The molecule has 0 amide bonds. The molecule has 0 bridgehead atoms. The van der Waals surface area contributed by atoms with Gasteiger partial charge >= 0.3 is 5.97 Å². The van der Waals surface area contributed by atoms with Crippen molar-refractivity contribution in [2.75, 3.05) is 13.7 Å². The molecule has 0 aliphatic carbocycles. The van der Waals surface area contributed by atoms with E-state index in [2.05, 4.69) is 43.8 Å². The average Bonchev–Trinajstić information content (AvgIpc) is 3.28. The summed E-state index contributed by atoms with van der Waals surface area (Å²) < 4.78 is 5.09. The van der Waals surface area contributed by atoms with Gasteiger partial charge in [0, 0.05) is 18.3 Å². The minimum Gasteiger partial charge on any atom is -0.462 e. The highest BCUT2D eigenvalue weighted by Crippen LogP contribution is 2.24. The van der Waals surface area contributed by atoms with Gasteiger partial charge < -0.3 is 20.4 Å². The van der Waals surface area contributed by atoms with Crippen molar-refractivity contribution in [1.82, 2.24) is 20.6 Å². The summed E-state index contributed by atoms with van der Waals surface area (Å²) in [6, 6.07) is 10.2. The van der Waals surface area contributed by atoms with Crippen molar-refractivity contribution in [2.24, 2.45) is 4.99 Å². The Morgan fingerprint density at radius 2 is 2.14 bits per heavy atom. The van der Waals surface area contributed by atoms with E-state index < -0.39 is 0 Å². The number of thiazole rings is 1. The number of guanidine groups is 1. The third-order valence-corrected chi connectivity index (χ3v) is 5.57. The lowest BCUT2D eigenvalue weighted by Crippen LogP contribution is -2.38. The highest BCUT2D eigenvalue weighted by atomic mass is 127. The molecule has 7 nitrogen and oxygen atoms in total. The number of para-hydroxylation sites is 1. The predicted molar refractivity (Wildman–Crippen MR) is 128 cm³/mol. The standard InChI is InChI=1S/C20H25N5O2S.HI/c1-5-27-19(26)17-12(2)23-18(28-17)13(3)24-20(21-4)22-11-15-10-14-8-6-7-9-16(14)25-15;/h6-10,13,25H,5,11H2,1-4H3,(H2,21,22,24);1H. The molecule has 9 heteroatoms. The lowest BCUT2D eigenvalue weighted by Gasteiger charge is -2.15. The Labute approximate surface area is 191 Å². The van der Waals surface area contributed by atoms with Crippen LogP contribution in [0.25, 0.3) is 10.9 Å². The number of aryl methyl sites for hydroxylation is 1. The fourth-order valence-electron chi connectivity index (χ4n) is 2.86. The van der Waals surface area contributed by atoms with Crippen molar-refractivity contribution in [3.8, 4) is 0 Å². The zero-order valence-electron chi connectivity index (χ0n) is 16.9. The second kappa shape index (κ2) is 10.6. The summed E-state index contributed by atoms with van der Waals surface area (Å²) in [6.07, 6.45) is 0. The van der Waals surface area contributed by atoms with Gasteiger partial charge in [0.15, 0.2) is 5.96 Å². The zero-order valence-corrected chi connectivity index (χ0v) is 20.1. The first-order chi connectivity index (χ1) is 13.5. The van der Waals surface area contributed by atoms with E-state index in [1.165, 1.54) is 16.7 Å². The van der Waals surface area contributed by atoms with Crippen LogP contribution >= 0.6 is 35.3 Å². The molecular formula is C20H26IN5O2S. The van der Waals surface area contributed by atoms with E-state index in [4.69, 9.17) is 4.74 Å². The van der Waals surface area contributed by atoms with Crippen molar-refractivity contribution in [3.63, 3.8) is 0 Å². The number of carbonyl (C=O) groups is 1. The summed E-state index contributed by atoms with van der Waals surface area (Å²) in [5.41, 5.74) is 2.87. The summed E-state index contributed by atoms with van der Waals surface area (Å²) in [7, 11) is 1.73. The maximum atomic E-state index is 12.0. The molecule has 0 saturated carbocycles. The molecule has 3 rings (SSSR count).